The van der Waals surface area contributed by atoms with Gasteiger partial charge in [0.1, 0.15) is 0 Å². The standard InChI is InChI=1S/C13H17ClN2O/c1-8(2)12-13(17)16(3)11-5-4-10(14)6-9(11)7-15-12/h4-6,8,12,15H,7H2,1-3H3. The van der Waals surface area contributed by atoms with Crippen molar-refractivity contribution in [3.63, 3.8) is 0 Å². The molecule has 0 spiro atoms. The van der Waals surface area contributed by atoms with Crippen molar-refractivity contribution in [1.82, 2.24) is 5.32 Å². The molecule has 4 heteroatoms. The van der Waals surface area contributed by atoms with E-state index >= 15 is 0 Å². The summed E-state index contributed by atoms with van der Waals surface area (Å²) in [6.45, 7) is 4.77. The number of amides is 1. The zero-order valence-electron chi connectivity index (χ0n) is 10.3. The van der Waals surface area contributed by atoms with Crippen LogP contribution in [-0.4, -0.2) is 19.0 Å². The summed E-state index contributed by atoms with van der Waals surface area (Å²) in [5.41, 5.74) is 2.01. The molecule has 1 aliphatic rings. The quantitative estimate of drug-likeness (QED) is 0.833. The maximum atomic E-state index is 12.3. The van der Waals surface area contributed by atoms with E-state index in [1.165, 1.54) is 0 Å². The number of benzene rings is 1. The van der Waals surface area contributed by atoms with Crippen molar-refractivity contribution in [2.45, 2.75) is 26.4 Å². The lowest BCUT2D eigenvalue weighted by atomic mass is 10.0. The monoisotopic (exact) mass is 252 g/mol. The number of nitrogens with one attached hydrogen (secondary N) is 1. The highest BCUT2D eigenvalue weighted by molar-refractivity contribution is 6.30. The summed E-state index contributed by atoms with van der Waals surface area (Å²) in [6.07, 6.45) is 0. The van der Waals surface area contributed by atoms with Crippen LogP contribution >= 0.6 is 11.6 Å². The van der Waals surface area contributed by atoms with Gasteiger partial charge >= 0.3 is 0 Å². The molecule has 0 fully saturated rings. The molecule has 1 heterocycles. The van der Waals surface area contributed by atoms with Crippen LogP contribution in [0.25, 0.3) is 0 Å². The minimum atomic E-state index is -0.133. The van der Waals surface area contributed by atoms with Gasteiger partial charge in [-0.2, -0.15) is 0 Å². The van der Waals surface area contributed by atoms with Crippen LogP contribution in [0, 0.1) is 5.92 Å². The SMILES string of the molecule is CC(C)C1NCc2cc(Cl)ccc2N(C)C1=O. The lowest BCUT2D eigenvalue weighted by Crippen LogP contribution is -2.45. The molecule has 0 aromatic heterocycles. The highest BCUT2D eigenvalue weighted by Gasteiger charge is 2.29. The fourth-order valence-corrected chi connectivity index (χ4v) is 2.37. The fourth-order valence-electron chi connectivity index (χ4n) is 2.18. The zero-order valence-corrected chi connectivity index (χ0v) is 11.1. The molecule has 0 aliphatic carbocycles. The van der Waals surface area contributed by atoms with Crippen molar-refractivity contribution >= 4 is 23.2 Å². The van der Waals surface area contributed by atoms with Crippen LogP contribution < -0.4 is 10.2 Å². The fraction of sp³-hybridized carbons (Fsp3) is 0.462. The number of carbonyl (C=O) groups is 1. The first-order valence-electron chi connectivity index (χ1n) is 5.80. The number of nitrogens with zero attached hydrogens (tertiary/aromatic N) is 1. The molecule has 0 saturated heterocycles. The molecule has 17 heavy (non-hydrogen) atoms. The van der Waals surface area contributed by atoms with Crippen molar-refractivity contribution in [3.05, 3.63) is 28.8 Å². The molecule has 0 saturated carbocycles. The van der Waals surface area contributed by atoms with E-state index in [-0.39, 0.29) is 17.9 Å². The van der Waals surface area contributed by atoms with E-state index in [0.29, 0.717) is 11.6 Å². The van der Waals surface area contributed by atoms with Gasteiger partial charge in [-0.15, -0.1) is 0 Å². The van der Waals surface area contributed by atoms with Crippen molar-refractivity contribution < 1.29 is 4.79 Å². The Morgan fingerprint density at radius 3 is 2.82 bits per heavy atom. The van der Waals surface area contributed by atoms with E-state index in [9.17, 15) is 4.79 Å². The van der Waals surface area contributed by atoms with Gasteiger partial charge in [-0.25, -0.2) is 0 Å². The zero-order chi connectivity index (χ0) is 12.6. The van der Waals surface area contributed by atoms with Gasteiger partial charge < -0.3 is 10.2 Å². The highest BCUT2D eigenvalue weighted by Crippen LogP contribution is 2.27. The molecule has 1 atom stereocenters. The lowest BCUT2D eigenvalue weighted by molar-refractivity contribution is -0.121. The van der Waals surface area contributed by atoms with Crippen LogP contribution in [0.3, 0.4) is 0 Å². The average molecular weight is 253 g/mol. The van der Waals surface area contributed by atoms with Gasteiger partial charge in [0.2, 0.25) is 5.91 Å². The first kappa shape index (κ1) is 12.4. The summed E-state index contributed by atoms with van der Waals surface area (Å²) in [5.74, 6) is 0.385. The number of anilines is 1. The number of halogens is 1. The lowest BCUT2D eigenvalue weighted by Gasteiger charge is -2.23. The van der Waals surface area contributed by atoms with E-state index in [0.717, 1.165) is 11.3 Å². The first-order valence-corrected chi connectivity index (χ1v) is 6.18. The number of fused-ring (bicyclic) bond motifs is 1. The maximum Gasteiger partial charge on any atom is 0.244 e. The van der Waals surface area contributed by atoms with Crippen molar-refractivity contribution in [2.24, 2.45) is 5.92 Å². The topological polar surface area (TPSA) is 32.3 Å². The van der Waals surface area contributed by atoms with E-state index < -0.39 is 0 Å². The summed E-state index contributed by atoms with van der Waals surface area (Å²) in [7, 11) is 1.82. The minimum absolute atomic E-state index is 0.112. The third-order valence-corrected chi connectivity index (χ3v) is 3.41. The van der Waals surface area contributed by atoms with Crippen LogP contribution in [0.5, 0.6) is 0 Å². The molecule has 1 aliphatic heterocycles. The van der Waals surface area contributed by atoms with Crippen LogP contribution in [0.4, 0.5) is 5.69 Å². The highest BCUT2D eigenvalue weighted by atomic mass is 35.5. The van der Waals surface area contributed by atoms with E-state index in [1.54, 1.807) is 4.90 Å². The molecule has 1 unspecified atom stereocenters. The summed E-state index contributed by atoms with van der Waals surface area (Å²) in [5, 5.41) is 4.00. The average Bonchev–Trinajstić information content (AvgIpc) is 2.38. The summed E-state index contributed by atoms with van der Waals surface area (Å²) in [4.78, 5) is 14.0. The Morgan fingerprint density at radius 1 is 1.47 bits per heavy atom. The molecule has 1 amide bonds. The number of hydrogen-bond acceptors (Lipinski definition) is 2. The predicted octanol–water partition coefficient (Wildman–Crippen LogP) is 2.43. The Kier molecular flexibility index (Phi) is 3.40. The largest absolute Gasteiger partial charge is 0.314 e. The third-order valence-electron chi connectivity index (χ3n) is 3.18. The summed E-state index contributed by atoms with van der Waals surface area (Å²) >= 11 is 5.98. The normalized spacial score (nSPS) is 20.4. The number of carbonyl (C=O) groups excluding carboxylic acids is 1. The van der Waals surface area contributed by atoms with Crippen LogP contribution in [0.15, 0.2) is 18.2 Å². The smallest absolute Gasteiger partial charge is 0.244 e. The van der Waals surface area contributed by atoms with E-state index in [1.807, 2.05) is 39.1 Å². The summed E-state index contributed by atoms with van der Waals surface area (Å²) in [6, 6.07) is 5.50. The summed E-state index contributed by atoms with van der Waals surface area (Å²) < 4.78 is 0. The number of rotatable bonds is 1. The van der Waals surface area contributed by atoms with E-state index in [4.69, 9.17) is 11.6 Å². The van der Waals surface area contributed by atoms with Crippen molar-refractivity contribution in [1.29, 1.82) is 0 Å². The molecule has 1 aromatic rings. The Morgan fingerprint density at radius 2 is 2.18 bits per heavy atom. The van der Waals surface area contributed by atoms with Gasteiger partial charge in [-0.1, -0.05) is 25.4 Å². The van der Waals surface area contributed by atoms with Gasteiger partial charge in [-0.3, -0.25) is 4.79 Å². The second-order valence-electron chi connectivity index (χ2n) is 4.77. The molecule has 0 bridgehead atoms. The van der Waals surface area contributed by atoms with Gasteiger partial charge in [0, 0.05) is 24.3 Å². The second kappa shape index (κ2) is 4.67. The Bertz CT molecular complexity index is 445. The molecule has 2 rings (SSSR count). The van der Waals surface area contributed by atoms with Gasteiger partial charge in [-0.05, 0) is 29.7 Å². The molecule has 1 aromatic carbocycles. The maximum absolute atomic E-state index is 12.3. The second-order valence-corrected chi connectivity index (χ2v) is 5.21. The number of likely N-dealkylation sites (N-methyl/N-ethyl adjacent to an activating group) is 1. The molecular weight excluding hydrogens is 236 g/mol. The van der Waals surface area contributed by atoms with Gasteiger partial charge in [0.05, 0.1) is 6.04 Å². The Balaban J connectivity index is 2.40. The predicted molar refractivity (Wildman–Crippen MR) is 70.3 cm³/mol. The van der Waals surface area contributed by atoms with Crippen LogP contribution in [0.2, 0.25) is 5.02 Å². The van der Waals surface area contributed by atoms with Crippen molar-refractivity contribution in [2.75, 3.05) is 11.9 Å². The molecular formula is C13H17ClN2O. The third kappa shape index (κ3) is 2.31. The molecule has 0 radical (unpaired) electrons. The Labute approximate surface area is 107 Å². The van der Waals surface area contributed by atoms with Gasteiger partial charge in [0.25, 0.3) is 0 Å². The van der Waals surface area contributed by atoms with Crippen molar-refractivity contribution in [3.8, 4) is 0 Å². The first-order chi connectivity index (χ1) is 8.00. The Hall–Kier alpha value is -1.06. The molecule has 1 N–H and O–H groups in total. The molecule has 92 valence electrons. The van der Waals surface area contributed by atoms with E-state index in [2.05, 4.69) is 5.32 Å². The van der Waals surface area contributed by atoms with Gasteiger partial charge in [0.15, 0.2) is 0 Å². The minimum Gasteiger partial charge on any atom is -0.314 e. The number of hydrogen-bond donors (Lipinski definition) is 1. The molecule has 3 nitrogen and oxygen atoms in total. The van der Waals surface area contributed by atoms with Crippen LogP contribution in [-0.2, 0) is 11.3 Å². The van der Waals surface area contributed by atoms with Crippen LogP contribution in [0.1, 0.15) is 19.4 Å².